The Morgan fingerprint density at radius 2 is 2.38 bits per heavy atom. The highest BCUT2D eigenvalue weighted by atomic mass is 16.5. The van der Waals surface area contributed by atoms with Crippen molar-refractivity contribution in [3.8, 4) is 0 Å². The fraction of sp³-hybridized carbons (Fsp3) is 0.818. The number of nitrogens with two attached hydrogens (primary N) is 1. The van der Waals surface area contributed by atoms with E-state index in [1.54, 1.807) is 0 Å². The summed E-state index contributed by atoms with van der Waals surface area (Å²) < 4.78 is 10.6. The molecular weight excluding hydrogens is 206 g/mol. The van der Waals surface area contributed by atoms with Gasteiger partial charge in [-0.15, -0.1) is 0 Å². The zero-order chi connectivity index (χ0) is 11.2. The van der Waals surface area contributed by atoms with Crippen molar-refractivity contribution in [2.24, 2.45) is 11.7 Å². The third-order valence-electron chi connectivity index (χ3n) is 2.83. The van der Waals surface area contributed by atoms with Crippen LogP contribution in [0.2, 0.25) is 0 Å². The minimum absolute atomic E-state index is 0.538. The topological polar surface area (TPSA) is 74.2 Å². The Morgan fingerprint density at radius 3 is 3.12 bits per heavy atom. The maximum atomic E-state index is 5.43. The highest BCUT2D eigenvalue weighted by Crippen LogP contribution is 2.17. The average Bonchev–Trinajstić information content (AvgIpc) is 2.75. The third kappa shape index (κ3) is 3.28. The summed E-state index contributed by atoms with van der Waals surface area (Å²) in [6, 6.07) is 0. The molecule has 1 aliphatic rings. The van der Waals surface area contributed by atoms with Gasteiger partial charge in [-0.2, -0.15) is 4.98 Å². The third-order valence-corrected chi connectivity index (χ3v) is 2.83. The summed E-state index contributed by atoms with van der Waals surface area (Å²) in [5.74, 6) is 2.05. The molecular formula is C11H19N3O2. The normalized spacial score (nSPS) is 21.2. The van der Waals surface area contributed by atoms with Crippen LogP contribution in [0.15, 0.2) is 4.52 Å². The molecule has 0 aromatic carbocycles. The highest BCUT2D eigenvalue weighted by Gasteiger charge is 2.17. The first kappa shape index (κ1) is 11.5. The standard InChI is InChI=1S/C11H19N3O2/c12-5-1-4-10-13-11(16-14-10)7-9-3-2-6-15-8-9/h9H,1-8,12H2. The summed E-state index contributed by atoms with van der Waals surface area (Å²) in [7, 11) is 0. The van der Waals surface area contributed by atoms with E-state index < -0.39 is 0 Å². The number of ether oxygens (including phenoxy) is 1. The van der Waals surface area contributed by atoms with Crippen molar-refractivity contribution in [2.45, 2.75) is 32.1 Å². The van der Waals surface area contributed by atoms with Gasteiger partial charge in [0.15, 0.2) is 5.82 Å². The van der Waals surface area contributed by atoms with Crippen molar-refractivity contribution >= 4 is 0 Å². The van der Waals surface area contributed by atoms with Gasteiger partial charge in [0.1, 0.15) is 0 Å². The molecule has 1 fully saturated rings. The zero-order valence-corrected chi connectivity index (χ0v) is 9.52. The van der Waals surface area contributed by atoms with Crippen molar-refractivity contribution < 1.29 is 9.26 Å². The lowest BCUT2D eigenvalue weighted by Crippen LogP contribution is -2.19. The van der Waals surface area contributed by atoms with Crippen LogP contribution in [0.5, 0.6) is 0 Å². The van der Waals surface area contributed by atoms with Crippen molar-refractivity contribution in [3.63, 3.8) is 0 Å². The Kier molecular flexibility index (Phi) is 4.30. The van der Waals surface area contributed by atoms with Gasteiger partial charge >= 0.3 is 0 Å². The second-order valence-electron chi connectivity index (χ2n) is 4.28. The fourth-order valence-corrected chi connectivity index (χ4v) is 1.95. The van der Waals surface area contributed by atoms with Gasteiger partial charge in [0.25, 0.3) is 0 Å². The summed E-state index contributed by atoms with van der Waals surface area (Å²) in [4.78, 5) is 4.35. The minimum atomic E-state index is 0.538. The number of aryl methyl sites for hydroxylation is 1. The van der Waals surface area contributed by atoms with E-state index in [2.05, 4.69) is 10.1 Å². The van der Waals surface area contributed by atoms with Crippen molar-refractivity contribution in [3.05, 3.63) is 11.7 Å². The van der Waals surface area contributed by atoms with Gasteiger partial charge in [0.2, 0.25) is 5.89 Å². The molecule has 0 bridgehead atoms. The molecule has 1 aliphatic heterocycles. The van der Waals surface area contributed by atoms with E-state index in [1.807, 2.05) is 0 Å². The van der Waals surface area contributed by atoms with Crippen LogP contribution in [-0.4, -0.2) is 29.9 Å². The van der Waals surface area contributed by atoms with E-state index in [-0.39, 0.29) is 0 Å². The Bertz CT molecular complexity index is 308. The van der Waals surface area contributed by atoms with Crippen LogP contribution in [0.25, 0.3) is 0 Å². The van der Waals surface area contributed by atoms with Crippen LogP contribution in [0.1, 0.15) is 31.0 Å². The Hall–Kier alpha value is -0.940. The molecule has 1 aromatic rings. The van der Waals surface area contributed by atoms with Crippen LogP contribution in [-0.2, 0) is 17.6 Å². The zero-order valence-electron chi connectivity index (χ0n) is 9.52. The molecule has 0 spiro atoms. The molecule has 0 aliphatic carbocycles. The lowest BCUT2D eigenvalue weighted by molar-refractivity contribution is 0.0520. The van der Waals surface area contributed by atoms with Crippen LogP contribution in [0.3, 0.4) is 0 Å². The Balaban J connectivity index is 1.81. The van der Waals surface area contributed by atoms with Gasteiger partial charge < -0.3 is 15.0 Å². The lowest BCUT2D eigenvalue weighted by atomic mass is 9.99. The molecule has 0 radical (unpaired) electrons. The van der Waals surface area contributed by atoms with Gasteiger partial charge in [0, 0.05) is 26.1 Å². The monoisotopic (exact) mass is 225 g/mol. The second kappa shape index (κ2) is 5.96. The molecule has 90 valence electrons. The number of hydrogen-bond acceptors (Lipinski definition) is 5. The van der Waals surface area contributed by atoms with E-state index in [1.165, 1.54) is 6.42 Å². The van der Waals surface area contributed by atoms with E-state index in [4.69, 9.17) is 15.0 Å². The van der Waals surface area contributed by atoms with Gasteiger partial charge in [-0.25, -0.2) is 0 Å². The van der Waals surface area contributed by atoms with Gasteiger partial charge in [-0.1, -0.05) is 5.16 Å². The first-order valence-corrected chi connectivity index (χ1v) is 5.97. The number of hydrogen-bond donors (Lipinski definition) is 1. The molecule has 1 atom stereocenters. The van der Waals surface area contributed by atoms with Crippen molar-refractivity contribution in [2.75, 3.05) is 19.8 Å². The van der Waals surface area contributed by atoms with Crippen LogP contribution < -0.4 is 5.73 Å². The summed E-state index contributed by atoms with van der Waals surface area (Å²) in [5.41, 5.74) is 5.43. The van der Waals surface area contributed by atoms with Crippen molar-refractivity contribution in [1.82, 2.24) is 10.1 Å². The van der Waals surface area contributed by atoms with Crippen LogP contribution in [0.4, 0.5) is 0 Å². The predicted molar refractivity (Wildman–Crippen MR) is 58.9 cm³/mol. The van der Waals surface area contributed by atoms with E-state index >= 15 is 0 Å². The molecule has 2 N–H and O–H groups in total. The molecule has 5 nitrogen and oxygen atoms in total. The van der Waals surface area contributed by atoms with Gasteiger partial charge in [-0.05, 0) is 31.7 Å². The largest absolute Gasteiger partial charge is 0.381 e. The van der Waals surface area contributed by atoms with Crippen LogP contribution >= 0.6 is 0 Å². The smallest absolute Gasteiger partial charge is 0.227 e. The van der Waals surface area contributed by atoms with E-state index in [0.717, 1.165) is 50.6 Å². The minimum Gasteiger partial charge on any atom is -0.381 e. The molecule has 0 saturated carbocycles. The molecule has 1 saturated heterocycles. The quantitative estimate of drug-likeness (QED) is 0.807. The number of aromatic nitrogens is 2. The second-order valence-corrected chi connectivity index (χ2v) is 4.28. The van der Waals surface area contributed by atoms with E-state index in [0.29, 0.717) is 12.5 Å². The lowest BCUT2D eigenvalue weighted by Gasteiger charge is -2.20. The SMILES string of the molecule is NCCCc1noc(CC2CCCOC2)n1. The summed E-state index contributed by atoms with van der Waals surface area (Å²) in [6.07, 6.45) is 4.89. The maximum Gasteiger partial charge on any atom is 0.227 e. The van der Waals surface area contributed by atoms with E-state index in [9.17, 15) is 0 Å². The number of rotatable bonds is 5. The Labute approximate surface area is 95.3 Å². The molecule has 5 heteroatoms. The molecule has 1 unspecified atom stereocenters. The Morgan fingerprint density at radius 1 is 1.44 bits per heavy atom. The average molecular weight is 225 g/mol. The predicted octanol–water partition coefficient (Wildman–Crippen LogP) is 0.930. The first-order valence-electron chi connectivity index (χ1n) is 5.97. The van der Waals surface area contributed by atoms with Crippen LogP contribution in [0, 0.1) is 5.92 Å². The first-order chi connectivity index (χ1) is 7.88. The summed E-state index contributed by atoms with van der Waals surface area (Å²) >= 11 is 0. The summed E-state index contributed by atoms with van der Waals surface area (Å²) in [6.45, 7) is 2.38. The molecule has 16 heavy (non-hydrogen) atoms. The molecule has 2 heterocycles. The fourth-order valence-electron chi connectivity index (χ4n) is 1.95. The number of nitrogens with zero attached hydrogens (tertiary/aromatic N) is 2. The maximum absolute atomic E-state index is 5.43. The molecule has 0 amide bonds. The van der Waals surface area contributed by atoms with Crippen molar-refractivity contribution in [1.29, 1.82) is 0 Å². The molecule has 1 aromatic heterocycles. The molecule has 2 rings (SSSR count). The summed E-state index contributed by atoms with van der Waals surface area (Å²) in [5, 5.41) is 3.94. The van der Waals surface area contributed by atoms with Gasteiger partial charge in [-0.3, -0.25) is 0 Å². The van der Waals surface area contributed by atoms with Gasteiger partial charge in [0.05, 0.1) is 0 Å². The highest BCUT2D eigenvalue weighted by molar-refractivity contribution is 4.88.